The summed E-state index contributed by atoms with van der Waals surface area (Å²) in [6, 6.07) is 7.08. The van der Waals surface area contributed by atoms with Crippen molar-refractivity contribution in [2.45, 2.75) is 12.6 Å². The van der Waals surface area contributed by atoms with Crippen molar-refractivity contribution in [1.29, 1.82) is 0 Å². The maximum Gasteiger partial charge on any atom is 0.165 e. The lowest BCUT2D eigenvalue weighted by atomic mass is 10.1. The highest BCUT2D eigenvalue weighted by molar-refractivity contribution is 7.17. The van der Waals surface area contributed by atoms with Crippen LogP contribution >= 0.6 is 23.7 Å². The predicted octanol–water partition coefficient (Wildman–Crippen LogP) is 4.62. The maximum atomic E-state index is 14.2. The van der Waals surface area contributed by atoms with Crippen molar-refractivity contribution in [3.05, 3.63) is 53.0 Å². The molecule has 0 fully saturated rings. The molecule has 0 saturated carbocycles. The quantitative estimate of drug-likeness (QED) is 0.681. The van der Waals surface area contributed by atoms with Crippen LogP contribution in [0.4, 0.5) is 4.39 Å². The second-order valence-electron chi connectivity index (χ2n) is 5.31. The molecule has 0 amide bonds. The van der Waals surface area contributed by atoms with Gasteiger partial charge >= 0.3 is 0 Å². The van der Waals surface area contributed by atoms with Crippen LogP contribution in [0.5, 0.6) is 5.75 Å². The van der Waals surface area contributed by atoms with E-state index in [4.69, 9.17) is 9.15 Å². The molecule has 3 heterocycles. The van der Waals surface area contributed by atoms with Gasteiger partial charge in [-0.05, 0) is 36.7 Å². The number of hydrogen-bond acceptors (Lipinski definition) is 4. The van der Waals surface area contributed by atoms with E-state index in [1.807, 2.05) is 24.6 Å². The Balaban J connectivity index is 0.00000144. The highest BCUT2D eigenvalue weighted by Gasteiger charge is 2.28. The van der Waals surface area contributed by atoms with Crippen LogP contribution in [0.15, 0.2) is 40.3 Å². The van der Waals surface area contributed by atoms with E-state index in [-0.39, 0.29) is 24.3 Å². The number of benzene rings is 1. The summed E-state index contributed by atoms with van der Waals surface area (Å²) in [5.74, 6) is 0.909. The number of likely N-dealkylation sites (N-methyl/N-ethyl adjacent to an activating group) is 1. The van der Waals surface area contributed by atoms with Crippen LogP contribution < -0.4 is 4.74 Å². The van der Waals surface area contributed by atoms with Crippen LogP contribution in [0.1, 0.15) is 17.4 Å². The Morgan fingerprint density at radius 3 is 3.05 bits per heavy atom. The first kappa shape index (κ1) is 15.3. The summed E-state index contributed by atoms with van der Waals surface area (Å²) in [5.41, 5.74) is 1.01. The third-order valence-corrected chi connectivity index (χ3v) is 4.70. The summed E-state index contributed by atoms with van der Waals surface area (Å²) in [5, 5.41) is 2.78. The second kappa shape index (κ2) is 5.91. The van der Waals surface area contributed by atoms with Crippen molar-refractivity contribution in [1.82, 2.24) is 4.90 Å². The van der Waals surface area contributed by atoms with Gasteiger partial charge in [0.15, 0.2) is 11.6 Å². The van der Waals surface area contributed by atoms with E-state index in [0.29, 0.717) is 12.3 Å². The number of hydrogen-bond donors (Lipinski definition) is 0. The lowest BCUT2D eigenvalue weighted by molar-refractivity contribution is 0.117. The van der Waals surface area contributed by atoms with Crippen LogP contribution in [0.2, 0.25) is 0 Å². The minimum Gasteiger partial charge on any atom is -0.480 e. The molecular weight excluding hydrogens is 325 g/mol. The van der Waals surface area contributed by atoms with Gasteiger partial charge in [-0.2, -0.15) is 0 Å². The molecule has 0 radical (unpaired) electrons. The summed E-state index contributed by atoms with van der Waals surface area (Å²) in [4.78, 5) is 2.11. The molecule has 0 aliphatic carbocycles. The zero-order chi connectivity index (χ0) is 14.4. The van der Waals surface area contributed by atoms with E-state index in [9.17, 15) is 4.39 Å². The van der Waals surface area contributed by atoms with Gasteiger partial charge in [-0.25, -0.2) is 4.39 Å². The lowest BCUT2D eigenvalue weighted by Gasteiger charge is -2.29. The van der Waals surface area contributed by atoms with Crippen LogP contribution in [0.3, 0.4) is 0 Å². The molecule has 1 aliphatic rings. The highest BCUT2D eigenvalue weighted by atomic mass is 35.5. The SMILES string of the molecule is CN1Cc2occc2C(Oc2c(F)ccc3sccc23)C1.Cl. The zero-order valence-electron chi connectivity index (χ0n) is 11.9. The molecule has 1 atom stereocenters. The summed E-state index contributed by atoms with van der Waals surface area (Å²) in [7, 11) is 2.00. The average molecular weight is 340 g/mol. The Morgan fingerprint density at radius 2 is 2.18 bits per heavy atom. The van der Waals surface area contributed by atoms with E-state index in [1.165, 1.54) is 6.07 Å². The number of fused-ring (bicyclic) bond motifs is 2. The molecule has 3 nitrogen and oxygen atoms in total. The predicted molar refractivity (Wildman–Crippen MR) is 87.4 cm³/mol. The van der Waals surface area contributed by atoms with Crippen molar-refractivity contribution in [2.24, 2.45) is 0 Å². The average Bonchev–Trinajstić information content (AvgIpc) is 3.09. The third-order valence-electron chi connectivity index (χ3n) is 3.82. The van der Waals surface area contributed by atoms with Crippen molar-refractivity contribution in [3.63, 3.8) is 0 Å². The molecule has 3 aromatic rings. The molecule has 0 saturated heterocycles. The van der Waals surface area contributed by atoms with Gasteiger partial charge in [-0.3, -0.25) is 4.90 Å². The fourth-order valence-electron chi connectivity index (χ4n) is 2.81. The first-order chi connectivity index (χ1) is 10.2. The first-order valence-electron chi connectivity index (χ1n) is 6.79. The molecule has 4 rings (SSSR count). The molecule has 0 N–H and O–H groups in total. The Labute approximate surface area is 137 Å². The van der Waals surface area contributed by atoms with Crippen LogP contribution in [0, 0.1) is 5.82 Å². The van der Waals surface area contributed by atoms with Gasteiger partial charge in [0.25, 0.3) is 0 Å². The maximum absolute atomic E-state index is 14.2. The molecule has 1 unspecified atom stereocenters. The fraction of sp³-hybridized carbons (Fsp3) is 0.250. The van der Waals surface area contributed by atoms with E-state index in [0.717, 1.165) is 28.0 Å². The number of halogens is 2. The van der Waals surface area contributed by atoms with Crippen LogP contribution in [-0.2, 0) is 6.54 Å². The minimum absolute atomic E-state index is 0. The first-order valence-corrected chi connectivity index (χ1v) is 7.67. The van der Waals surface area contributed by atoms with Gasteiger partial charge in [0, 0.05) is 22.2 Å². The summed E-state index contributed by atoms with van der Waals surface area (Å²) in [6.07, 6.45) is 1.46. The number of nitrogens with zero attached hydrogens (tertiary/aromatic N) is 1. The molecule has 0 bridgehead atoms. The van der Waals surface area contributed by atoms with Crippen molar-refractivity contribution >= 4 is 33.8 Å². The van der Waals surface area contributed by atoms with Gasteiger partial charge in [0.1, 0.15) is 11.9 Å². The van der Waals surface area contributed by atoms with Gasteiger partial charge in [-0.15, -0.1) is 23.7 Å². The van der Waals surface area contributed by atoms with Gasteiger partial charge < -0.3 is 9.15 Å². The third kappa shape index (κ3) is 2.49. The fourth-order valence-corrected chi connectivity index (χ4v) is 3.60. The Bertz CT molecular complexity index is 800. The summed E-state index contributed by atoms with van der Waals surface area (Å²) >= 11 is 1.58. The Kier molecular flexibility index (Phi) is 4.12. The van der Waals surface area contributed by atoms with Gasteiger partial charge in [0.2, 0.25) is 0 Å². The van der Waals surface area contributed by atoms with E-state index in [2.05, 4.69) is 4.90 Å². The number of furan rings is 1. The smallest absolute Gasteiger partial charge is 0.165 e. The minimum atomic E-state index is -0.320. The van der Waals surface area contributed by atoms with Crippen molar-refractivity contribution in [3.8, 4) is 5.75 Å². The molecule has 1 aromatic carbocycles. The van der Waals surface area contributed by atoms with E-state index < -0.39 is 0 Å². The van der Waals surface area contributed by atoms with Gasteiger partial charge in [-0.1, -0.05) is 0 Å². The lowest BCUT2D eigenvalue weighted by Crippen LogP contribution is -2.32. The molecule has 6 heteroatoms. The topological polar surface area (TPSA) is 25.6 Å². The van der Waals surface area contributed by atoms with Crippen molar-refractivity contribution in [2.75, 3.05) is 13.6 Å². The van der Waals surface area contributed by atoms with E-state index >= 15 is 0 Å². The molecule has 116 valence electrons. The van der Waals surface area contributed by atoms with Gasteiger partial charge in [0.05, 0.1) is 12.8 Å². The normalized spacial score (nSPS) is 18.0. The zero-order valence-corrected chi connectivity index (χ0v) is 13.5. The largest absolute Gasteiger partial charge is 0.480 e. The van der Waals surface area contributed by atoms with Crippen LogP contribution in [-0.4, -0.2) is 18.5 Å². The molecule has 0 spiro atoms. The number of thiophene rings is 1. The van der Waals surface area contributed by atoms with Crippen LogP contribution in [0.25, 0.3) is 10.1 Å². The summed E-state index contributed by atoms with van der Waals surface area (Å²) < 4.78 is 26.8. The standard InChI is InChI=1S/C16H14FNO2S.ClH/c1-18-8-13-10(4-6-19-13)14(9-18)20-16-11-5-7-21-15(11)3-2-12(16)17;/h2-7,14H,8-9H2,1H3;1H. The summed E-state index contributed by atoms with van der Waals surface area (Å²) in [6.45, 7) is 1.47. The monoisotopic (exact) mass is 339 g/mol. The Hall–Kier alpha value is -1.56. The highest BCUT2D eigenvalue weighted by Crippen LogP contribution is 2.37. The van der Waals surface area contributed by atoms with E-state index in [1.54, 1.807) is 23.7 Å². The molecule has 1 aliphatic heterocycles. The number of ether oxygens (including phenoxy) is 1. The number of rotatable bonds is 2. The molecular formula is C16H15ClFNO2S. The molecule has 22 heavy (non-hydrogen) atoms. The van der Waals surface area contributed by atoms with Crippen molar-refractivity contribution < 1.29 is 13.5 Å². The molecule has 2 aromatic heterocycles. The second-order valence-corrected chi connectivity index (χ2v) is 6.26. The Morgan fingerprint density at radius 1 is 1.32 bits per heavy atom.